The van der Waals surface area contributed by atoms with Crippen molar-refractivity contribution in [3.05, 3.63) is 64.8 Å². The number of nitriles is 1. The number of hydrogen-bond acceptors (Lipinski definition) is 5. The molecular weight excluding hydrogens is 366 g/mol. The quantitative estimate of drug-likeness (QED) is 0.501. The molecule has 6 heteroatoms. The summed E-state index contributed by atoms with van der Waals surface area (Å²) in [4.78, 5) is 4.48. The van der Waals surface area contributed by atoms with Gasteiger partial charge in [0.05, 0.1) is 27.1 Å². The molecule has 0 fully saturated rings. The van der Waals surface area contributed by atoms with Crippen LogP contribution in [0, 0.1) is 11.3 Å². The molecule has 2 heterocycles. The molecule has 0 bridgehead atoms. The average molecular weight is 380 g/mol. The summed E-state index contributed by atoms with van der Waals surface area (Å²) in [7, 11) is 1.65. The summed E-state index contributed by atoms with van der Waals surface area (Å²) in [6, 6.07) is 15.9. The maximum Gasteiger partial charge on any atom is 0.135 e. The molecule has 26 heavy (non-hydrogen) atoms. The van der Waals surface area contributed by atoms with E-state index in [1.807, 2.05) is 42.5 Å². The molecule has 4 aromatic rings. The Labute approximate surface area is 159 Å². The van der Waals surface area contributed by atoms with Gasteiger partial charge in [0, 0.05) is 23.5 Å². The van der Waals surface area contributed by atoms with E-state index in [9.17, 15) is 5.26 Å². The van der Waals surface area contributed by atoms with Crippen molar-refractivity contribution >= 4 is 48.9 Å². The number of pyridine rings is 1. The molecule has 4 nitrogen and oxygen atoms in total. The fourth-order valence-electron chi connectivity index (χ4n) is 2.90. The van der Waals surface area contributed by atoms with Crippen molar-refractivity contribution in [1.82, 2.24) is 4.98 Å². The highest BCUT2D eigenvalue weighted by Gasteiger charge is 2.15. The SMILES string of the molecule is COc1ccc(CNc2ncc(C#N)c3sc4c(Cl)cccc4c23)cc1. The third-order valence-electron chi connectivity index (χ3n) is 4.21. The summed E-state index contributed by atoms with van der Waals surface area (Å²) < 4.78 is 7.07. The van der Waals surface area contributed by atoms with Crippen LogP contribution in [0.25, 0.3) is 20.2 Å². The Morgan fingerprint density at radius 2 is 2.00 bits per heavy atom. The minimum Gasteiger partial charge on any atom is -0.497 e. The Kier molecular flexibility index (Phi) is 4.37. The van der Waals surface area contributed by atoms with Crippen molar-refractivity contribution < 1.29 is 4.74 Å². The predicted octanol–water partition coefficient (Wildman–Crippen LogP) is 5.60. The zero-order valence-electron chi connectivity index (χ0n) is 13.9. The highest BCUT2D eigenvalue weighted by atomic mass is 35.5. The van der Waals surface area contributed by atoms with E-state index in [0.29, 0.717) is 17.1 Å². The average Bonchev–Trinajstić information content (AvgIpc) is 3.08. The first-order valence-electron chi connectivity index (χ1n) is 7.98. The summed E-state index contributed by atoms with van der Waals surface area (Å²) in [5, 5.41) is 15.5. The van der Waals surface area contributed by atoms with E-state index in [1.165, 1.54) is 11.3 Å². The van der Waals surface area contributed by atoms with Crippen molar-refractivity contribution in [2.24, 2.45) is 0 Å². The second kappa shape index (κ2) is 6.83. The highest BCUT2D eigenvalue weighted by Crippen LogP contribution is 2.42. The Morgan fingerprint density at radius 3 is 2.73 bits per heavy atom. The second-order valence-electron chi connectivity index (χ2n) is 5.76. The minimum absolute atomic E-state index is 0.562. The van der Waals surface area contributed by atoms with E-state index in [-0.39, 0.29) is 0 Å². The van der Waals surface area contributed by atoms with Gasteiger partial charge in [-0.15, -0.1) is 11.3 Å². The third-order valence-corrected chi connectivity index (χ3v) is 5.91. The van der Waals surface area contributed by atoms with Crippen LogP contribution in [0.15, 0.2) is 48.7 Å². The van der Waals surface area contributed by atoms with Gasteiger partial charge in [-0.3, -0.25) is 0 Å². The lowest BCUT2D eigenvalue weighted by atomic mass is 10.1. The molecule has 0 saturated heterocycles. The van der Waals surface area contributed by atoms with Crippen LogP contribution < -0.4 is 10.1 Å². The van der Waals surface area contributed by atoms with Gasteiger partial charge < -0.3 is 10.1 Å². The number of fused-ring (bicyclic) bond motifs is 3. The fourth-order valence-corrected chi connectivity index (χ4v) is 4.36. The van der Waals surface area contributed by atoms with Crippen LogP contribution in [0.5, 0.6) is 5.75 Å². The Morgan fingerprint density at radius 1 is 1.19 bits per heavy atom. The molecule has 2 aromatic carbocycles. The molecule has 4 rings (SSSR count). The summed E-state index contributed by atoms with van der Waals surface area (Å²) in [5.41, 5.74) is 1.68. The summed E-state index contributed by atoms with van der Waals surface area (Å²) in [6.45, 7) is 0.621. The van der Waals surface area contributed by atoms with Gasteiger partial charge in [0.2, 0.25) is 0 Å². The van der Waals surface area contributed by atoms with Gasteiger partial charge in [-0.2, -0.15) is 5.26 Å². The molecule has 0 aliphatic carbocycles. The highest BCUT2D eigenvalue weighted by molar-refractivity contribution is 7.26. The number of anilines is 1. The molecule has 0 amide bonds. The van der Waals surface area contributed by atoms with Crippen LogP contribution in [0.1, 0.15) is 11.1 Å². The number of methoxy groups -OCH3 is 1. The lowest BCUT2D eigenvalue weighted by molar-refractivity contribution is 0.414. The van der Waals surface area contributed by atoms with E-state index >= 15 is 0 Å². The van der Waals surface area contributed by atoms with Crippen LogP contribution >= 0.6 is 22.9 Å². The Bertz CT molecular complexity index is 1150. The maximum atomic E-state index is 9.43. The first kappa shape index (κ1) is 16.6. The number of nitrogens with zero attached hydrogens (tertiary/aromatic N) is 2. The first-order chi connectivity index (χ1) is 12.7. The minimum atomic E-state index is 0.562. The summed E-state index contributed by atoms with van der Waals surface area (Å²) >= 11 is 7.88. The summed E-state index contributed by atoms with van der Waals surface area (Å²) in [5.74, 6) is 1.58. The smallest absolute Gasteiger partial charge is 0.135 e. The van der Waals surface area contributed by atoms with Gasteiger partial charge in [0.25, 0.3) is 0 Å². The van der Waals surface area contributed by atoms with Gasteiger partial charge in [-0.05, 0) is 23.8 Å². The molecule has 0 aliphatic rings. The van der Waals surface area contributed by atoms with Crippen LogP contribution in [-0.4, -0.2) is 12.1 Å². The lowest BCUT2D eigenvalue weighted by Gasteiger charge is -2.09. The molecule has 1 N–H and O–H groups in total. The van der Waals surface area contributed by atoms with E-state index < -0.39 is 0 Å². The number of hydrogen-bond donors (Lipinski definition) is 1. The van der Waals surface area contributed by atoms with Crippen molar-refractivity contribution in [3.63, 3.8) is 0 Å². The van der Waals surface area contributed by atoms with Gasteiger partial charge in [0.1, 0.15) is 17.6 Å². The van der Waals surface area contributed by atoms with Gasteiger partial charge in [-0.25, -0.2) is 4.98 Å². The maximum absolute atomic E-state index is 9.43. The monoisotopic (exact) mass is 379 g/mol. The second-order valence-corrected chi connectivity index (χ2v) is 7.18. The van der Waals surface area contributed by atoms with Gasteiger partial charge in [0.15, 0.2) is 0 Å². The Balaban J connectivity index is 1.78. The van der Waals surface area contributed by atoms with E-state index in [2.05, 4.69) is 16.4 Å². The molecule has 0 aliphatic heterocycles. The molecule has 0 saturated carbocycles. The third kappa shape index (κ3) is 2.84. The zero-order valence-corrected chi connectivity index (χ0v) is 15.5. The predicted molar refractivity (Wildman–Crippen MR) is 107 cm³/mol. The number of benzene rings is 2. The number of ether oxygens (including phenoxy) is 1. The van der Waals surface area contributed by atoms with Crippen molar-refractivity contribution in [1.29, 1.82) is 5.26 Å². The molecule has 2 aromatic heterocycles. The topological polar surface area (TPSA) is 57.9 Å². The number of halogens is 1. The van der Waals surface area contributed by atoms with Crippen LogP contribution in [0.3, 0.4) is 0 Å². The molecule has 0 radical (unpaired) electrons. The van der Waals surface area contributed by atoms with Crippen molar-refractivity contribution in [3.8, 4) is 11.8 Å². The fraction of sp³-hybridized carbons (Fsp3) is 0.100. The van der Waals surface area contributed by atoms with Crippen molar-refractivity contribution in [2.45, 2.75) is 6.54 Å². The van der Waals surface area contributed by atoms with Crippen LogP contribution in [-0.2, 0) is 6.54 Å². The van der Waals surface area contributed by atoms with Gasteiger partial charge in [-0.1, -0.05) is 35.9 Å². The van der Waals surface area contributed by atoms with Crippen molar-refractivity contribution in [2.75, 3.05) is 12.4 Å². The largest absolute Gasteiger partial charge is 0.497 e. The molecule has 0 unspecified atom stereocenters. The number of nitrogens with one attached hydrogen (secondary N) is 1. The first-order valence-corrected chi connectivity index (χ1v) is 9.17. The molecule has 0 atom stereocenters. The number of aromatic nitrogens is 1. The van der Waals surface area contributed by atoms with E-state index in [0.717, 1.165) is 37.3 Å². The normalized spacial score (nSPS) is 10.8. The van der Waals surface area contributed by atoms with Gasteiger partial charge >= 0.3 is 0 Å². The molecular formula is C20H14ClN3OS. The van der Waals surface area contributed by atoms with E-state index in [4.69, 9.17) is 16.3 Å². The Hall–Kier alpha value is -2.81. The molecule has 0 spiro atoms. The zero-order chi connectivity index (χ0) is 18.1. The summed E-state index contributed by atoms with van der Waals surface area (Å²) in [6.07, 6.45) is 1.61. The standard InChI is InChI=1S/C20H14ClN3OS/c1-25-14-7-5-12(6-8-14)10-23-20-17-15-3-2-4-16(21)19(15)26-18(17)13(9-22)11-24-20/h2-8,11H,10H2,1H3,(H,23,24). The number of thiophene rings is 1. The lowest BCUT2D eigenvalue weighted by Crippen LogP contribution is -2.02. The molecule has 128 valence electrons. The van der Waals surface area contributed by atoms with Crippen LogP contribution in [0.4, 0.5) is 5.82 Å². The van der Waals surface area contributed by atoms with Crippen LogP contribution in [0.2, 0.25) is 5.02 Å². The number of rotatable bonds is 4. The van der Waals surface area contributed by atoms with E-state index in [1.54, 1.807) is 13.3 Å².